The molecule has 5 nitrogen and oxygen atoms in total. The number of aliphatic carboxylic acids is 1. The Morgan fingerprint density at radius 3 is 2.56 bits per heavy atom. The number of carboxylic acid groups (broad SMARTS) is 1. The molecular formula is C13H15NO4. The van der Waals surface area contributed by atoms with Crippen molar-refractivity contribution in [1.29, 1.82) is 0 Å². The van der Waals surface area contributed by atoms with Gasteiger partial charge in [-0.2, -0.15) is 0 Å². The molecule has 0 aliphatic heterocycles. The lowest BCUT2D eigenvalue weighted by Gasteiger charge is -2.19. The SMILES string of the molecule is COc1ccccc1N(C)C(=O)C1CC1C(=O)O. The maximum Gasteiger partial charge on any atom is 0.307 e. The van der Waals surface area contributed by atoms with Gasteiger partial charge in [0.1, 0.15) is 5.75 Å². The van der Waals surface area contributed by atoms with Crippen LogP contribution in [0.25, 0.3) is 0 Å². The third-order valence-corrected chi connectivity index (χ3v) is 3.20. The van der Waals surface area contributed by atoms with Gasteiger partial charge < -0.3 is 14.7 Å². The molecule has 18 heavy (non-hydrogen) atoms. The molecule has 1 fully saturated rings. The summed E-state index contributed by atoms with van der Waals surface area (Å²) in [6, 6.07) is 7.16. The summed E-state index contributed by atoms with van der Waals surface area (Å²) in [6.07, 6.45) is 0.424. The third kappa shape index (κ3) is 2.16. The van der Waals surface area contributed by atoms with E-state index in [1.807, 2.05) is 12.1 Å². The van der Waals surface area contributed by atoms with Crippen molar-refractivity contribution in [3.8, 4) is 5.75 Å². The fraction of sp³-hybridized carbons (Fsp3) is 0.385. The normalized spacial score (nSPS) is 21.2. The van der Waals surface area contributed by atoms with Crippen LogP contribution in [0, 0.1) is 11.8 Å². The number of nitrogens with zero attached hydrogens (tertiary/aromatic N) is 1. The summed E-state index contributed by atoms with van der Waals surface area (Å²) >= 11 is 0. The molecular weight excluding hydrogens is 234 g/mol. The van der Waals surface area contributed by atoms with Crippen LogP contribution in [0.4, 0.5) is 5.69 Å². The first-order valence-corrected chi connectivity index (χ1v) is 5.69. The van der Waals surface area contributed by atoms with Gasteiger partial charge in [0.05, 0.1) is 24.6 Å². The van der Waals surface area contributed by atoms with Crippen molar-refractivity contribution in [2.45, 2.75) is 6.42 Å². The second kappa shape index (κ2) is 4.68. The van der Waals surface area contributed by atoms with E-state index >= 15 is 0 Å². The van der Waals surface area contributed by atoms with Crippen LogP contribution in [0.3, 0.4) is 0 Å². The zero-order chi connectivity index (χ0) is 13.3. The van der Waals surface area contributed by atoms with E-state index in [0.29, 0.717) is 17.9 Å². The Hall–Kier alpha value is -2.04. The summed E-state index contributed by atoms with van der Waals surface area (Å²) in [4.78, 5) is 24.3. The first-order chi connectivity index (χ1) is 8.56. The number of hydrogen-bond donors (Lipinski definition) is 1. The summed E-state index contributed by atoms with van der Waals surface area (Å²) in [5.74, 6) is -1.42. The molecule has 1 amide bonds. The monoisotopic (exact) mass is 249 g/mol. The molecule has 5 heteroatoms. The van der Waals surface area contributed by atoms with Crippen LogP contribution in [0.5, 0.6) is 5.75 Å². The van der Waals surface area contributed by atoms with Gasteiger partial charge in [-0.3, -0.25) is 9.59 Å². The third-order valence-electron chi connectivity index (χ3n) is 3.20. The van der Waals surface area contributed by atoms with Crippen molar-refractivity contribution in [3.63, 3.8) is 0 Å². The van der Waals surface area contributed by atoms with Crippen LogP contribution >= 0.6 is 0 Å². The summed E-state index contributed by atoms with van der Waals surface area (Å²) in [7, 11) is 3.17. The van der Waals surface area contributed by atoms with Crippen molar-refractivity contribution < 1.29 is 19.4 Å². The largest absolute Gasteiger partial charge is 0.495 e. The molecule has 1 saturated carbocycles. The molecule has 1 N–H and O–H groups in total. The highest BCUT2D eigenvalue weighted by molar-refractivity contribution is 6.00. The van der Waals surface area contributed by atoms with Crippen molar-refractivity contribution in [3.05, 3.63) is 24.3 Å². The molecule has 2 unspecified atom stereocenters. The van der Waals surface area contributed by atoms with Crippen molar-refractivity contribution >= 4 is 17.6 Å². The van der Waals surface area contributed by atoms with Crippen LogP contribution in [0.2, 0.25) is 0 Å². The minimum atomic E-state index is -0.901. The minimum Gasteiger partial charge on any atom is -0.495 e. The van der Waals surface area contributed by atoms with Crippen LogP contribution in [0.1, 0.15) is 6.42 Å². The van der Waals surface area contributed by atoms with Gasteiger partial charge in [0.15, 0.2) is 0 Å². The van der Waals surface area contributed by atoms with Crippen molar-refractivity contribution in [2.75, 3.05) is 19.1 Å². The van der Waals surface area contributed by atoms with Gasteiger partial charge in [-0.1, -0.05) is 12.1 Å². The quantitative estimate of drug-likeness (QED) is 0.875. The highest BCUT2D eigenvalue weighted by atomic mass is 16.5. The van der Waals surface area contributed by atoms with Gasteiger partial charge in [-0.25, -0.2) is 0 Å². The smallest absolute Gasteiger partial charge is 0.307 e. The minimum absolute atomic E-state index is 0.174. The lowest BCUT2D eigenvalue weighted by atomic mass is 10.2. The maximum absolute atomic E-state index is 12.1. The van der Waals surface area contributed by atoms with Crippen LogP contribution in [-0.4, -0.2) is 31.1 Å². The summed E-state index contributed by atoms with van der Waals surface area (Å²) in [5.41, 5.74) is 0.654. The van der Waals surface area contributed by atoms with Crippen molar-refractivity contribution in [2.24, 2.45) is 11.8 Å². The molecule has 0 spiro atoms. The Bertz CT molecular complexity index is 486. The number of rotatable bonds is 4. The average molecular weight is 249 g/mol. The van der Waals surface area contributed by atoms with E-state index in [0.717, 1.165) is 0 Å². The number of methoxy groups -OCH3 is 1. The van der Waals surface area contributed by atoms with E-state index in [1.165, 1.54) is 12.0 Å². The van der Waals surface area contributed by atoms with E-state index in [-0.39, 0.29) is 5.91 Å². The Morgan fingerprint density at radius 1 is 1.33 bits per heavy atom. The number of anilines is 1. The first kappa shape index (κ1) is 12.4. The van der Waals surface area contributed by atoms with E-state index in [2.05, 4.69) is 0 Å². The van der Waals surface area contributed by atoms with Gasteiger partial charge in [0.25, 0.3) is 0 Å². The standard InChI is InChI=1S/C13H15NO4/c1-14(10-5-3-4-6-11(10)18-2)12(15)8-7-9(8)13(16)17/h3-6,8-9H,7H2,1-2H3,(H,16,17). The van der Waals surface area contributed by atoms with E-state index < -0.39 is 17.8 Å². The number of carbonyl (C=O) groups is 2. The second-order valence-corrected chi connectivity index (χ2v) is 4.36. The van der Waals surface area contributed by atoms with Gasteiger partial charge >= 0.3 is 5.97 Å². The van der Waals surface area contributed by atoms with E-state index in [9.17, 15) is 9.59 Å². The molecule has 0 bridgehead atoms. The number of hydrogen-bond acceptors (Lipinski definition) is 3. The summed E-state index contributed by atoms with van der Waals surface area (Å²) in [5, 5.41) is 8.83. The zero-order valence-corrected chi connectivity index (χ0v) is 10.3. The van der Waals surface area contributed by atoms with Gasteiger partial charge in [0.2, 0.25) is 5.91 Å². The predicted molar refractivity (Wildman–Crippen MR) is 65.6 cm³/mol. The van der Waals surface area contributed by atoms with Crippen LogP contribution in [0.15, 0.2) is 24.3 Å². The molecule has 1 aliphatic rings. The Balaban J connectivity index is 2.14. The maximum atomic E-state index is 12.1. The summed E-state index contributed by atoms with van der Waals surface area (Å²) < 4.78 is 5.18. The number of carboxylic acids is 1. The number of ether oxygens (including phenoxy) is 1. The molecule has 1 aromatic carbocycles. The number of amides is 1. The molecule has 96 valence electrons. The fourth-order valence-corrected chi connectivity index (χ4v) is 2.02. The van der Waals surface area contributed by atoms with Gasteiger partial charge in [0, 0.05) is 7.05 Å². The molecule has 0 aromatic heterocycles. The average Bonchev–Trinajstić information content (AvgIpc) is 3.17. The number of benzene rings is 1. The highest BCUT2D eigenvalue weighted by Gasteiger charge is 2.49. The molecule has 0 saturated heterocycles. The molecule has 1 aromatic rings. The fourth-order valence-electron chi connectivity index (χ4n) is 2.02. The molecule has 1 aliphatic carbocycles. The van der Waals surface area contributed by atoms with Gasteiger partial charge in [-0.05, 0) is 18.6 Å². The Morgan fingerprint density at radius 2 is 2.00 bits per heavy atom. The van der Waals surface area contributed by atoms with Crippen LogP contribution < -0.4 is 9.64 Å². The van der Waals surface area contributed by atoms with E-state index in [1.54, 1.807) is 19.2 Å². The lowest BCUT2D eigenvalue weighted by Crippen LogP contribution is -2.29. The first-order valence-electron chi connectivity index (χ1n) is 5.69. The number of para-hydroxylation sites is 2. The Labute approximate surface area is 105 Å². The highest BCUT2D eigenvalue weighted by Crippen LogP contribution is 2.41. The lowest BCUT2D eigenvalue weighted by molar-refractivity contribution is -0.139. The summed E-state index contributed by atoms with van der Waals surface area (Å²) in [6.45, 7) is 0. The predicted octanol–water partition coefficient (Wildman–Crippen LogP) is 1.38. The van der Waals surface area contributed by atoms with Gasteiger partial charge in [-0.15, -0.1) is 0 Å². The zero-order valence-electron chi connectivity index (χ0n) is 10.3. The number of carbonyl (C=O) groups excluding carboxylic acids is 1. The molecule has 2 atom stereocenters. The van der Waals surface area contributed by atoms with Crippen molar-refractivity contribution in [1.82, 2.24) is 0 Å². The van der Waals surface area contributed by atoms with E-state index in [4.69, 9.17) is 9.84 Å². The molecule has 0 heterocycles. The molecule has 0 radical (unpaired) electrons. The Kier molecular flexibility index (Phi) is 3.23. The molecule has 2 rings (SSSR count). The topological polar surface area (TPSA) is 66.8 Å². The second-order valence-electron chi connectivity index (χ2n) is 4.36. The van der Waals surface area contributed by atoms with Crippen LogP contribution in [-0.2, 0) is 9.59 Å².